The quantitative estimate of drug-likeness (QED) is 0.0706. The van der Waals surface area contributed by atoms with Gasteiger partial charge in [-0.1, -0.05) is 158 Å². The maximum absolute atomic E-state index is 2.49. The molecular weight excluding hydrogens is 1280 g/mol. The van der Waals surface area contributed by atoms with E-state index in [0.717, 1.165) is 68.2 Å². The van der Waals surface area contributed by atoms with Crippen molar-refractivity contribution in [2.75, 3.05) is 19.6 Å². The summed E-state index contributed by atoms with van der Waals surface area (Å²) in [5, 5.41) is 12.1. The second kappa shape index (κ2) is 24.9. The van der Waals surface area contributed by atoms with E-state index in [1.807, 2.05) is 0 Å². The number of hydrogen-bond acceptors (Lipinski definition) is 4. The first-order valence-corrected chi connectivity index (χ1v) is 48.2. The van der Waals surface area contributed by atoms with Crippen LogP contribution in [0.1, 0.15) is 0 Å². The van der Waals surface area contributed by atoms with E-state index in [4.69, 9.17) is 0 Å². The van der Waals surface area contributed by atoms with E-state index >= 15 is 0 Å². The second-order valence-corrected chi connectivity index (χ2v) is 48.7. The molecule has 0 aromatic heterocycles. The van der Waals surface area contributed by atoms with Crippen LogP contribution in [0, 0.1) is 0 Å². The van der Waals surface area contributed by atoms with Crippen LogP contribution in [0.4, 0.5) is 68.2 Å². The molecule has 16 aromatic rings. The fourth-order valence-electron chi connectivity index (χ4n) is 14.3. The summed E-state index contributed by atoms with van der Waals surface area (Å²) >= 11 is -4.38. The first-order chi connectivity index (χ1) is 46.9. The zero-order valence-corrected chi connectivity index (χ0v) is 59.3. The van der Waals surface area contributed by atoms with Crippen LogP contribution in [-0.4, -0.2) is 26.5 Å². The molecule has 0 spiro atoms. The molecule has 0 aliphatic carbocycles. The molecule has 0 atom stereocenters. The van der Waals surface area contributed by atoms with Crippen molar-refractivity contribution in [2.45, 2.75) is 34.5 Å². The first-order valence-electron chi connectivity index (χ1n) is 33.5. The van der Waals surface area contributed by atoms with E-state index < -0.39 is 26.5 Å². The predicted molar refractivity (Wildman–Crippen MR) is 421 cm³/mol. The molecule has 0 bridgehead atoms. The van der Waals surface area contributed by atoms with Crippen molar-refractivity contribution in [3.05, 3.63) is 340 Å². The second-order valence-electron chi connectivity index (χ2n) is 27.4. The Hall–Kier alpha value is -10.6. The number of benzene rings is 16. The van der Waals surface area contributed by atoms with Gasteiger partial charge in [0.05, 0.1) is 0 Å². The molecule has 6 heteroatoms. The van der Waals surface area contributed by atoms with Crippen LogP contribution >= 0.6 is 0 Å². The fraction of sp³-hybridized carbons (Fsp3) is 0.0667. The van der Waals surface area contributed by atoms with E-state index in [0.29, 0.717) is 0 Å². The molecule has 0 aliphatic rings. The van der Waals surface area contributed by atoms with Crippen LogP contribution in [0.5, 0.6) is 0 Å². The normalized spacial score (nSPS) is 11.9. The Morgan fingerprint density at radius 2 is 0.427 bits per heavy atom. The van der Waals surface area contributed by atoms with Gasteiger partial charge in [-0.05, 0) is 33.0 Å². The summed E-state index contributed by atoms with van der Waals surface area (Å²) in [5.74, 6) is 14.9. The standard InChI is InChI=1S/C90H74Ge2N4/c1-91(2,3)71-39-47-75(48-40-71)95(79-55-51-77(52-56-79)93(85-29-17-25-67-23-13-15-27-81(67)85)73-43-31-65(32-44-73)63-19-9-7-10-20-63)87-61-37-69-36-60-84-88(62-38-70-35-59-83(87)89(69)90(70)84)96(76-49-41-72(42-50-76)92(4,5)6)80-57-53-78(54-58-80)94(86-30-18-26-68-24-14-16-28-82(68)86)74-45-33-66(34-46-74)64-21-11-8-12-22-64/h7-62H,1-6H3. The molecule has 0 aliphatic heterocycles. The Kier molecular flexibility index (Phi) is 15.7. The number of nitrogens with zero attached hydrogens (tertiary/aromatic N) is 4. The van der Waals surface area contributed by atoms with Gasteiger partial charge in [-0.3, -0.25) is 0 Å². The van der Waals surface area contributed by atoms with Gasteiger partial charge in [-0.15, -0.1) is 0 Å². The monoisotopic (exact) mass is 1360 g/mol. The Labute approximate surface area is 569 Å². The van der Waals surface area contributed by atoms with Gasteiger partial charge in [-0.2, -0.15) is 0 Å². The van der Waals surface area contributed by atoms with E-state index in [1.54, 1.807) is 0 Å². The SMILES string of the molecule is [CH3][Ge]([CH3])([CH3])[c]1ccc(N(c2ccc(N(c3ccc(-c4ccccc4)cc3)c3cccc4ccccc34)cc2)c2ccc3ccc4c(N(c5ccc(N(c6ccc(-c7ccccc7)cc6)c6cccc7ccccc67)cc5)c5cc[c]([Ge]([CH3])([CH3])[CH3])cc5)ccc5ccc2c3c54)cc1. The summed E-state index contributed by atoms with van der Waals surface area (Å²) in [4.78, 5) is 9.80. The van der Waals surface area contributed by atoms with Crippen LogP contribution in [0.25, 0.3) is 76.1 Å². The fourth-order valence-corrected chi connectivity index (χ4v) is 19.2. The van der Waals surface area contributed by atoms with Gasteiger partial charge in [0.2, 0.25) is 0 Å². The van der Waals surface area contributed by atoms with Gasteiger partial charge < -0.3 is 0 Å². The molecule has 96 heavy (non-hydrogen) atoms. The van der Waals surface area contributed by atoms with Crippen molar-refractivity contribution < 1.29 is 0 Å². The van der Waals surface area contributed by atoms with Gasteiger partial charge in [0.1, 0.15) is 0 Å². The molecule has 0 radical (unpaired) electrons. The van der Waals surface area contributed by atoms with Gasteiger partial charge >= 0.3 is 383 Å². The number of rotatable bonds is 16. The average Bonchev–Trinajstić information content (AvgIpc) is 0.722. The molecule has 0 unspecified atom stereocenters. The van der Waals surface area contributed by atoms with E-state index in [2.05, 4.69) is 394 Å². The van der Waals surface area contributed by atoms with Crippen LogP contribution < -0.4 is 28.4 Å². The van der Waals surface area contributed by atoms with Crippen LogP contribution in [0.3, 0.4) is 0 Å². The minimum atomic E-state index is -2.19. The molecule has 0 heterocycles. The van der Waals surface area contributed by atoms with Gasteiger partial charge in [0.15, 0.2) is 0 Å². The molecule has 0 saturated heterocycles. The molecular formula is C90H74Ge2N4. The number of anilines is 12. The predicted octanol–water partition coefficient (Wildman–Crippen LogP) is 25.2. The van der Waals surface area contributed by atoms with Crippen LogP contribution in [-0.2, 0) is 0 Å². The van der Waals surface area contributed by atoms with Crippen molar-refractivity contribution in [3.63, 3.8) is 0 Å². The van der Waals surface area contributed by atoms with Crippen molar-refractivity contribution in [2.24, 2.45) is 0 Å². The molecule has 4 nitrogen and oxygen atoms in total. The summed E-state index contributed by atoms with van der Waals surface area (Å²) in [6.45, 7) is 0. The molecule has 0 N–H and O–H groups in total. The Morgan fingerprint density at radius 3 is 0.750 bits per heavy atom. The first kappa shape index (κ1) is 60.3. The Balaban J connectivity index is 0.833. The molecule has 0 amide bonds. The minimum absolute atomic E-state index is 1.08. The maximum atomic E-state index is 2.49. The molecule has 0 fully saturated rings. The molecule has 16 aromatic carbocycles. The van der Waals surface area contributed by atoms with E-state index in [-0.39, 0.29) is 0 Å². The molecule has 462 valence electrons. The van der Waals surface area contributed by atoms with Crippen molar-refractivity contribution >= 4 is 157 Å². The van der Waals surface area contributed by atoms with E-state index in [9.17, 15) is 0 Å². The zero-order valence-electron chi connectivity index (χ0n) is 55.1. The summed E-state index contributed by atoms with van der Waals surface area (Å²) in [5.41, 5.74) is 18.0. The summed E-state index contributed by atoms with van der Waals surface area (Å²) < 4.78 is 2.96. The van der Waals surface area contributed by atoms with Crippen molar-refractivity contribution in [3.8, 4) is 22.3 Å². The summed E-state index contributed by atoms with van der Waals surface area (Å²) in [6, 6.07) is 126. The van der Waals surface area contributed by atoms with Crippen molar-refractivity contribution in [1.29, 1.82) is 0 Å². The summed E-state index contributed by atoms with van der Waals surface area (Å²) in [6.07, 6.45) is 0. The summed E-state index contributed by atoms with van der Waals surface area (Å²) in [7, 11) is 0. The van der Waals surface area contributed by atoms with Crippen LogP contribution in [0.2, 0.25) is 34.5 Å². The van der Waals surface area contributed by atoms with Crippen molar-refractivity contribution in [1.82, 2.24) is 0 Å². The third kappa shape index (κ3) is 11.3. The van der Waals surface area contributed by atoms with Gasteiger partial charge in [-0.25, -0.2) is 0 Å². The van der Waals surface area contributed by atoms with Crippen LogP contribution in [0.15, 0.2) is 340 Å². The topological polar surface area (TPSA) is 13.0 Å². The number of hydrogen-bond donors (Lipinski definition) is 0. The van der Waals surface area contributed by atoms with E-state index in [1.165, 1.54) is 84.9 Å². The molecule has 16 rings (SSSR count). The zero-order chi connectivity index (χ0) is 65.1. The Bertz CT molecular complexity index is 5100. The Morgan fingerprint density at radius 1 is 0.177 bits per heavy atom. The third-order valence-corrected chi connectivity index (χ3v) is 28.0. The number of fused-ring (bicyclic) bond motifs is 2. The third-order valence-electron chi connectivity index (χ3n) is 19.3. The van der Waals surface area contributed by atoms with Gasteiger partial charge in [0, 0.05) is 0 Å². The average molecular weight is 1360 g/mol. The van der Waals surface area contributed by atoms with Gasteiger partial charge in [0.25, 0.3) is 0 Å². The molecule has 0 saturated carbocycles.